The van der Waals surface area contributed by atoms with Gasteiger partial charge in [0, 0.05) is 36.6 Å². The number of rotatable bonds is 6. The molecule has 0 atom stereocenters. The van der Waals surface area contributed by atoms with Crippen LogP contribution in [-0.4, -0.2) is 0 Å². The lowest BCUT2D eigenvalue weighted by Crippen LogP contribution is -2.28. The van der Waals surface area contributed by atoms with E-state index in [4.69, 9.17) is 0 Å². The van der Waals surface area contributed by atoms with E-state index < -0.39 is 5.41 Å². The van der Waals surface area contributed by atoms with Crippen LogP contribution in [0.1, 0.15) is 22.3 Å². The average Bonchev–Trinajstić information content (AvgIpc) is 4.02. The zero-order valence-electron chi connectivity index (χ0n) is 33.6. The van der Waals surface area contributed by atoms with Crippen LogP contribution in [0, 0.1) is 0 Å². The van der Waals surface area contributed by atoms with Crippen molar-refractivity contribution in [3.05, 3.63) is 247 Å². The van der Waals surface area contributed by atoms with E-state index in [1.54, 1.807) is 0 Å². The van der Waals surface area contributed by atoms with Crippen molar-refractivity contribution < 1.29 is 0 Å². The van der Waals surface area contributed by atoms with Crippen LogP contribution >= 0.6 is 22.7 Å². The molecule has 13 rings (SSSR count). The van der Waals surface area contributed by atoms with Gasteiger partial charge in [0.05, 0.1) is 26.2 Å². The Kier molecular flexibility index (Phi) is 7.93. The topological polar surface area (TPSA) is 3.24 Å². The smallest absolute Gasteiger partial charge is 0.0713 e. The highest BCUT2D eigenvalue weighted by atomic mass is 32.1. The van der Waals surface area contributed by atoms with E-state index in [0.717, 1.165) is 5.69 Å². The second-order valence-electron chi connectivity index (χ2n) is 16.3. The van der Waals surface area contributed by atoms with Crippen molar-refractivity contribution in [3.8, 4) is 22.3 Å². The fraction of sp³-hybridized carbons (Fsp3) is 0.0169. The molecule has 290 valence electrons. The summed E-state index contributed by atoms with van der Waals surface area (Å²) in [6.45, 7) is 0. The Morgan fingerprint density at radius 3 is 1.66 bits per heavy atom. The SMILES string of the molecule is c1ccc(C2(c3ccccc3)c3ccccc3-c3ccc(-c4ccc(N(c5cccc6c5sc5ccccc56)c5cccc6c5sc5c7ccccc7ccc65)cc4)cc32)cc1. The van der Waals surface area contributed by atoms with Crippen molar-refractivity contribution in [2.45, 2.75) is 5.41 Å². The maximum Gasteiger partial charge on any atom is 0.0713 e. The molecule has 0 N–H and O–H groups in total. The van der Waals surface area contributed by atoms with E-state index in [1.807, 2.05) is 22.7 Å². The van der Waals surface area contributed by atoms with Gasteiger partial charge in [0.25, 0.3) is 0 Å². The van der Waals surface area contributed by atoms with E-state index in [2.05, 4.69) is 229 Å². The van der Waals surface area contributed by atoms with Gasteiger partial charge in [-0.3, -0.25) is 0 Å². The third-order valence-electron chi connectivity index (χ3n) is 13.2. The number of hydrogen-bond donors (Lipinski definition) is 0. The molecule has 0 unspecified atom stereocenters. The van der Waals surface area contributed by atoms with Crippen LogP contribution in [0.3, 0.4) is 0 Å². The second-order valence-corrected chi connectivity index (χ2v) is 18.4. The summed E-state index contributed by atoms with van der Waals surface area (Å²) in [5.41, 5.74) is 13.3. The molecule has 0 aliphatic heterocycles. The molecular weight excluding hydrogens is 787 g/mol. The molecule has 0 amide bonds. The standard InChI is InChI=1S/C59H37NS2/c1-3-16-41(17-4-1)59(42-18-5-2-6-19-42)51-25-11-9-21-45(51)46-35-32-40(37-52(46)59)38-29-33-43(34-30-38)60(53-26-13-23-48-47-22-10-12-28-55(47)61-57(48)53)54-27-14-24-49-50-36-31-39-15-7-8-20-44(39)56(50)62-58(49)54/h1-37H. The molecule has 0 radical (unpaired) electrons. The Labute approximate surface area is 368 Å². The van der Waals surface area contributed by atoms with Crippen molar-refractivity contribution in [1.29, 1.82) is 0 Å². The van der Waals surface area contributed by atoms with Gasteiger partial charge in [-0.25, -0.2) is 0 Å². The molecule has 1 nitrogen and oxygen atoms in total. The Morgan fingerprint density at radius 2 is 0.903 bits per heavy atom. The molecule has 1 aliphatic carbocycles. The molecule has 3 heteroatoms. The first-order chi connectivity index (χ1) is 30.8. The predicted molar refractivity (Wildman–Crippen MR) is 267 cm³/mol. The van der Waals surface area contributed by atoms with Gasteiger partial charge in [-0.05, 0) is 91.7 Å². The lowest BCUT2D eigenvalue weighted by Gasteiger charge is -2.34. The molecule has 2 aromatic heterocycles. The van der Waals surface area contributed by atoms with Crippen molar-refractivity contribution in [3.63, 3.8) is 0 Å². The first-order valence-electron chi connectivity index (χ1n) is 21.2. The molecule has 0 fully saturated rings. The van der Waals surface area contributed by atoms with Gasteiger partial charge in [-0.15, -0.1) is 22.7 Å². The predicted octanol–water partition coefficient (Wildman–Crippen LogP) is 17.1. The molecule has 0 bridgehead atoms. The van der Waals surface area contributed by atoms with Crippen molar-refractivity contribution >= 4 is 90.9 Å². The fourth-order valence-electron chi connectivity index (χ4n) is 10.4. The quantitative estimate of drug-likeness (QED) is 0.161. The number of benzene rings is 10. The summed E-state index contributed by atoms with van der Waals surface area (Å²) in [6.07, 6.45) is 0. The molecule has 1 aliphatic rings. The number of anilines is 3. The number of thiophene rings is 2. The average molecular weight is 824 g/mol. The van der Waals surface area contributed by atoms with Crippen LogP contribution in [0.4, 0.5) is 17.1 Å². The minimum atomic E-state index is -0.446. The van der Waals surface area contributed by atoms with Gasteiger partial charge in [0.1, 0.15) is 0 Å². The Morgan fingerprint density at radius 1 is 0.339 bits per heavy atom. The molecule has 10 aromatic carbocycles. The van der Waals surface area contributed by atoms with Gasteiger partial charge < -0.3 is 4.90 Å². The van der Waals surface area contributed by atoms with Crippen LogP contribution in [0.2, 0.25) is 0 Å². The second kappa shape index (κ2) is 13.9. The molecule has 0 saturated heterocycles. The van der Waals surface area contributed by atoms with Crippen molar-refractivity contribution in [2.24, 2.45) is 0 Å². The number of hydrogen-bond acceptors (Lipinski definition) is 3. The first kappa shape index (κ1) is 35.5. The summed E-state index contributed by atoms with van der Waals surface area (Å²) in [6, 6.07) is 83.4. The normalized spacial score (nSPS) is 13.0. The van der Waals surface area contributed by atoms with E-state index >= 15 is 0 Å². The highest BCUT2D eigenvalue weighted by molar-refractivity contribution is 7.27. The maximum absolute atomic E-state index is 2.51. The largest absolute Gasteiger partial charge is 0.308 e. The number of nitrogens with zero attached hydrogens (tertiary/aromatic N) is 1. The Hall–Kier alpha value is -7.30. The molecular formula is C59H37NS2. The highest BCUT2D eigenvalue weighted by Crippen LogP contribution is 2.57. The summed E-state index contributed by atoms with van der Waals surface area (Å²) in [7, 11) is 0. The van der Waals surface area contributed by atoms with Crippen molar-refractivity contribution in [2.75, 3.05) is 4.90 Å². The highest BCUT2D eigenvalue weighted by Gasteiger charge is 2.46. The summed E-state index contributed by atoms with van der Waals surface area (Å²) >= 11 is 3.79. The summed E-state index contributed by atoms with van der Waals surface area (Å²) in [5, 5.41) is 7.77. The fourth-order valence-corrected chi connectivity index (χ4v) is 13.0. The van der Waals surface area contributed by atoms with E-state index in [0.29, 0.717) is 0 Å². The molecule has 0 saturated carbocycles. The monoisotopic (exact) mass is 823 g/mol. The molecule has 12 aromatic rings. The van der Waals surface area contributed by atoms with E-state index in [1.165, 1.54) is 107 Å². The third-order valence-corrected chi connectivity index (χ3v) is 15.6. The first-order valence-corrected chi connectivity index (χ1v) is 22.9. The third kappa shape index (κ3) is 5.13. The maximum atomic E-state index is 2.51. The van der Waals surface area contributed by atoms with Crippen LogP contribution < -0.4 is 4.90 Å². The van der Waals surface area contributed by atoms with Crippen LogP contribution in [0.5, 0.6) is 0 Å². The van der Waals surface area contributed by atoms with Crippen LogP contribution in [0.15, 0.2) is 224 Å². The Bertz CT molecular complexity index is 3650. The van der Waals surface area contributed by atoms with Crippen LogP contribution in [0.25, 0.3) is 73.4 Å². The summed E-state index contributed by atoms with van der Waals surface area (Å²) < 4.78 is 5.22. The van der Waals surface area contributed by atoms with Crippen molar-refractivity contribution in [1.82, 2.24) is 0 Å². The zero-order chi connectivity index (χ0) is 40.8. The minimum absolute atomic E-state index is 0.446. The van der Waals surface area contributed by atoms with Crippen LogP contribution in [-0.2, 0) is 5.41 Å². The van der Waals surface area contributed by atoms with Gasteiger partial charge in [-0.2, -0.15) is 0 Å². The van der Waals surface area contributed by atoms with Gasteiger partial charge in [-0.1, -0.05) is 188 Å². The molecule has 0 spiro atoms. The van der Waals surface area contributed by atoms with Gasteiger partial charge in [0.15, 0.2) is 0 Å². The summed E-state index contributed by atoms with van der Waals surface area (Å²) in [4.78, 5) is 2.51. The molecule has 2 heterocycles. The lowest BCUT2D eigenvalue weighted by atomic mass is 9.67. The Balaban J connectivity index is 1.01. The number of fused-ring (bicyclic) bond motifs is 11. The molecule has 62 heavy (non-hydrogen) atoms. The van der Waals surface area contributed by atoms with E-state index in [9.17, 15) is 0 Å². The minimum Gasteiger partial charge on any atom is -0.308 e. The zero-order valence-corrected chi connectivity index (χ0v) is 35.3. The lowest BCUT2D eigenvalue weighted by molar-refractivity contribution is 0.769. The summed E-state index contributed by atoms with van der Waals surface area (Å²) in [5.74, 6) is 0. The van der Waals surface area contributed by atoms with E-state index in [-0.39, 0.29) is 0 Å². The van der Waals surface area contributed by atoms with Gasteiger partial charge in [0.2, 0.25) is 0 Å². The van der Waals surface area contributed by atoms with Gasteiger partial charge >= 0.3 is 0 Å².